The van der Waals surface area contributed by atoms with Crippen LogP contribution in [0.2, 0.25) is 0 Å². The van der Waals surface area contributed by atoms with Crippen molar-refractivity contribution in [3.8, 4) is 68.3 Å². The van der Waals surface area contributed by atoms with Crippen molar-refractivity contribution >= 4 is 53.9 Å². The van der Waals surface area contributed by atoms with Crippen LogP contribution in [0.1, 0.15) is 0 Å². The summed E-state index contributed by atoms with van der Waals surface area (Å²) in [6, 6.07) is 53.9. The number of pyridine rings is 2. The fourth-order valence-electron chi connectivity index (χ4n) is 8.49. The Morgan fingerprint density at radius 3 is 1.07 bits per heavy atom. The number of rotatable bonds is 6. The third-order valence-corrected chi connectivity index (χ3v) is 11.3. The van der Waals surface area contributed by atoms with E-state index in [0.717, 1.165) is 87.2 Å². The van der Waals surface area contributed by atoms with E-state index in [1.54, 1.807) is 0 Å². The Balaban J connectivity index is 1.09. The first-order valence-corrected chi connectivity index (χ1v) is 19.7. The van der Waals surface area contributed by atoms with E-state index in [9.17, 15) is 0 Å². The molecule has 12 rings (SSSR count). The number of fused-ring (bicyclic) bond motifs is 2. The van der Waals surface area contributed by atoms with Crippen LogP contribution in [-0.2, 0) is 0 Å². The van der Waals surface area contributed by atoms with Gasteiger partial charge in [0.15, 0.2) is 34.9 Å². The molecule has 0 amide bonds. The molecule has 0 spiro atoms. The van der Waals surface area contributed by atoms with Gasteiger partial charge in [0.05, 0.1) is 0 Å². The molecule has 12 aromatic rings. The minimum absolute atomic E-state index is 0.600. The van der Waals surface area contributed by atoms with Crippen LogP contribution in [0.3, 0.4) is 0 Å². The molecule has 0 saturated heterocycles. The lowest BCUT2D eigenvalue weighted by atomic mass is 9.89. The summed E-state index contributed by atoms with van der Waals surface area (Å²) in [4.78, 5) is 39.6. The predicted molar refractivity (Wildman–Crippen MR) is 240 cm³/mol. The Morgan fingerprint density at radius 1 is 0.250 bits per heavy atom. The van der Waals surface area contributed by atoms with Gasteiger partial charge in [0.2, 0.25) is 0 Å². The van der Waals surface area contributed by atoms with Crippen molar-refractivity contribution in [1.82, 2.24) is 39.9 Å². The lowest BCUT2D eigenvalue weighted by Crippen LogP contribution is -2.02. The maximum atomic E-state index is 5.22. The normalized spacial score (nSPS) is 11.7. The lowest BCUT2D eigenvalue weighted by Gasteiger charge is -2.17. The second-order valence-electron chi connectivity index (χ2n) is 14.8. The van der Waals surface area contributed by atoms with Gasteiger partial charge in [-0.25, -0.2) is 29.9 Å². The fraction of sp³-hybridized carbons (Fsp3) is 0. The second-order valence-corrected chi connectivity index (χ2v) is 14.8. The first-order valence-electron chi connectivity index (χ1n) is 19.7. The Labute approximate surface area is 343 Å². The monoisotopic (exact) mass is 766 g/mol. The largest absolute Gasteiger partial charge is 0.264 e. The first kappa shape index (κ1) is 33.7. The average Bonchev–Trinajstić information content (AvgIpc) is 3.33. The molecule has 0 fully saturated rings. The highest BCUT2D eigenvalue weighted by atomic mass is 15.0. The summed E-state index contributed by atoms with van der Waals surface area (Å²) in [7, 11) is 0. The van der Waals surface area contributed by atoms with E-state index in [1.165, 1.54) is 0 Å². The molecule has 0 aliphatic heterocycles. The molecule has 0 aliphatic carbocycles. The van der Waals surface area contributed by atoms with Crippen LogP contribution >= 0.6 is 0 Å². The van der Waals surface area contributed by atoms with Gasteiger partial charge in [-0.3, -0.25) is 9.97 Å². The highest BCUT2D eigenvalue weighted by Gasteiger charge is 2.21. The number of hydrogen-bond acceptors (Lipinski definition) is 8. The van der Waals surface area contributed by atoms with Gasteiger partial charge in [-0.1, -0.05) is 133 Å². The van der Waals surface area contributed by atoms with E-state index >= 15 is 0 Å². The molecule has 0 radical (unpaired) electrons. The first-order chi connectivity index (χ1) is 29.7. The predicted octanol–water partition coefficient (Wildman–Crippen LogP) is 12.1. The van der Waals surface area contributed by atoms with E-state index in [1.807, 2.05) is 110 Å². The van der Waals surface area contributed by atoms with Crippen molar-refractivity contribution in [3.63, 3.8) is 0 Å². The quantitative estimate of drug-likeness (QED) is 0.154. The summed E-state index contributed by atoms with van der Waals surface area (Å²) in [5.41, 5.74) is 5.51. The second kappa shape index (κ2) is 13.6. The molecule has 0 atom stereocenters. The Hall–Kier alpha value is -8.36. The standard InChI is InChI=1S/C52H30N8/c1-3-9-33(10-4-1)47-55-49(41-15-7-13-35-29-53-27-25-37(35)41)59-51(57-47)43-23-19-31-18-22-40-44(24-20-32-17-21-39(43)45(31)46(32)40)52-58-48(34-11-5-2-6-12-34)56-50(60-52)42-16-8-14-36-30-54-28-26-38(36)42/h1-30H. The van der Waals surface area contributed by atoms with Gasteiger partial charge in [0.25, 0.3) is 0 Å². The molecule has 0 bridgehead atoms. The van der Waals surface area contributed by atoms with E-state index in [2.05, 4.69) is 82.8 Å². The number of aromatic nitrogens is 8. The van der Waals surface area contributed by atoms with E-state index < -0.39 is 0 Å². The van der Waals surface area contributed by atoms with Crippen molar-refractivity contribution in [1.29, 1.82) is 0 Å². The van der Waals surface area contributed by atoms with Gasteiger partial charge in [-0.05, 0) is 67.4 Å². The van der Waals surface area contributed by atoms with Crippen molar-refractivity contribution in [2.24, 2.45) is 0 Å². The average molecular weight is 767 g/mol. The van der Waals surface area contributed by atoms with Crippen LogP contribution < -0.4 is 0 Å². The molecule has 0 saturated carbocycles. The third kappa shape index (κ3) is 5.54. The highest BCUT2D eigenvalue weighted by molar-refractivity contribution is 6.27. The molecule has 0 unspecified atom stereocenters. The third-order valence-electron chi connectivity index (χ3n) is 11.3. The summed E-state index contributed by atoms with van der Waals surface area (Å²) >= 11 is 0. The van der Waals surface area contributed by atoms with Crippen molar-refractivity contribution < 1.29 is 0 Å². The molecular weight excluding hydrogens is 737 g/mol. The zero-order chi connectivity index (χ0) is 39.6. The van der Waals surface area contributed by atoms with Gasteiger partial charge in [-0.2, -0.15) is 0 Å². The molecule has 4 aromatic heterocycles. The topological polar surface area (TPSA) is 103 Å². The van der Waals surface area contributed by atoms with Crippen LogP contribution in [0.15, 0.2) is 183 Å². The number of hydrogen-bond donors (Lipinski definition) is 0. The van der Waals surface area contributed by atoms with E-state index in [-0.39, 0.29) is 0 Å². The van der Waals surface area contributed by atoms with Gasteiger partial charge in [0, 0.05) is 68.9 Å². The van der Waals surface area contributed by atoms with Crippen molar-refractivity contribution in [2.75, 3.05) is 0 Å². The number of nitrogens with zero attached hydrogens (tertiary/aromatic N) is 8. The molecule has 0 N–H and O–H groups in total. The summed E-state index contributed by atoms with van der Waals surface area (Å²) in [5, 5.41) is 10.7. The van der Waals surface area contributed by atoms with Gasteiger partial charge in [-0.15, -0.1) is 0 Å². The van der Waals surface area contributed by atoms with Crippen molar-refractivity contribution in [2.45, 2.75) is 0 Å². The lowest BCUT2D eigenvalue weighted by molar-refractivity contribution is 1.08. The van der Waals surface area contributed by atoms with Crippen LogP contribution in [0.5, 0.6) is 0 Å². The summed E-state index contributed by atoms with van der Waals surface area (Å²) in [6.07, 6.45) is 7.36. The maximum Gasteiger partial charge on any atom is 0.164 e. The molecule has 278 valence electrons. The number of benzene rings is 8. The minimum Gasteiger partial charge on any atom is -0.264 e. The Morgan fingerprint density at radius 2 is 0.633 bits per heavy atom. The van der Waals surface area contributed by atoms with Crippen LogP contribution in [0.25, 0.3) is 122 Å². The molecular formula is C52H30N8. The SMILES string of the molecule is c1ccc(-c2nc(-c3cccc4cnccc34)nc(-c3ccc4ccc5c(-c6nc(-c7ccccc7)nc(-c7cccc8cnccc78)n6)ccc6ccc3c4c65)n2)cc1. The molecule has 60 heavy (non-hydrogen) atoms. The van der Waals surface area contributed by atoms with Gasteiger partial charge < -0.3 is 0 Å². The van der Waals surface area contributed by atoms with Crippen LogP contribution in [-0.4, -0.2) is 39.9 Å². The molecule has 8 nitrogen and oxygen atoms in total. The minimum atomic E-state index is 0.600. The smallest absolute Gasteiger partial charge is 0.164 e. The molecule has 0 aliphatic rings. The Bertz CT molecular complexity index is 3360. The zero-order valence-corrected chi connectivity index (χ0v) is 31.9. The fourth-order valence-corrected chi connectivity index (χ4v) is 8.49. The van der Waals surface area contributed by atoms with Gasteiger partial charge in [0.1, 0.15) is 0 Å². The summed E-state index contributed by atoms with van der Waals surface area (Å²) in [6.45, 7) is 0. The maximum absolute atomic E-state index is 5.22. The van der Waals surface area contributed by atoms with E-state index in [4.69, 9.17) is 29.9 Å². The summed E-state index contributed by atoms with van der Waals surface area (Å²) in [5.74, 6) is 3.62. The molecule has 4 heterocycles. The van der Waals surface area contributed by atoms with E-state index in [0.29, 0.717) is 34.9 Å². The van der Waals surface area contributed by atoms with Crippen LogP contribution in [0.4, 0.5) is 0 Å². The zero-order valence-electron chi connectivity index (χ0n) is 31.9. The Kier molecular flexibility index (Phi) is 7.67. The molecule has 8 aromatic carbocycles. The summed E-state index contributed by atoms with van der Waals surface area (Å²) < 4.78 is 0. The van der Waals surface area contributed by atoms with Gasteiger partial charge >= 0.3 is 0 Å². The highest BCUT2D eigenvalue weighted by Crippen LogP contribution is 2.42. The van der Waals surface area contributed by atoms with Crippen molar-refractivity contribution in [3.05, 3.63) is 183 Å². The molecule has 8 heteroatoms. The van der Waals surface area contributed by atoms with Crippen LogP contribution in [0, 0.1) is 0 Å².